The van der Waals surface area contributed by atoms with E-state index >= 15 is 0 Å². The maximum absolute atomic E-state index is 14.1. The predicted molar refractivity (Wildman–Crippen MR) is 160 cm³/mol. The summed E-state index contributed by atoms with van der Waals surface area (Å²) < 4.78 is 47.7. The van der Waals surface area contributed by atoms with E-state index in [2.05, 4.69) is 5.32 Å². The number of nitrogens with one attached hydrogen (secondary N) is 1. The second-order valence-corrected chi connectivity index (χ2v) is 12.0. The number of nitro groups is 1. The summed E-state index contributed by atoms with van der Waals surface area (Å²) in [5, 5.41) is 14.4. The Hall–Kier alpha value is -4.52. The monoisotopic (exact) mass is 614 g/mol. The summed E-state index contributed by atoms with van der Waals surface area (Å²) in [6.45, 7) is 5.92. The molecule has 0 saturated heterocycles. The summed E-state index contributed by atoms with van der Waals surface area (Å²) in [4.78, 5) is 39.0. The molecular formula is C30H35FN4O7S. The molecule has 43 heavy (non-hydrogen) atoms. The van der Waals surface area contributed by atoms with Crippen LogP contribution in [0.2, 0.25) is 0 Å². The maximum Gasteiger partial charge on any atom is 0.273 e. The fourth-order valence-corrected chi connectivity index (χ4v) is 5.87. The molecule has 3 aromatic rings. The number of anilines is 1. The van der Waals surface area contributed by atoms with Crippen LogP contribution in [0.15, 0.2) is 71.6 Å². The van der Waals surface area contributed by atoms with Gasteiger partial charge < -0.3 is 15.0 Å². The molecule has 0 bridgehead atoms. The largest absolute Gasteiger partial charge is 0.497 e. The summed E-state index contributed by atoms with van der Waals surface area (Å²) in [5.74, 6) is -1.18. The Bertz CT molecular complexity index is 1560. The Morgan fingerprint density at radius 1 is 1.05 bits per heavy atom. The summed E-state index contributed by atoms with van der Waals surface area (Å²) in [6.07, 6.45) is 0.213. The van der Waals surface area contributed by atoms with Crippen molar-refractivity contribution in [2.45, 2.75) is 57.6 Å². The normalized spacial score (nSPS) is 12.0. The van der Waals surface area contributed by atoms with Crippen molar-refractivity contribution >= 4 is 33.2 Å². The molecular weight excluding hydrogens is 579 g/mol. The molecule has 1 N–H and O–H groups in total. The van der Waals surface area contributed by atoms with Crippen molar-refractivity contribution < 1.29 is 32.1 Å². The van der Waals surface area contributed by atoms with Gasteiger partial charge in [0.1, 0.15) is 24.2 Å². The van der Waals surface area contributed by atoms with Crippen LogP contribution in [0.25, 0.3) is 0 Å². The lowest BCUT2D eigenvalue weighted by molar-refractivity contribution is -0.385. The van der Waals surface area contributed by atoms with E-state index in [4.69, 9.17) is 4.74 Å². The molecule has 11 nitrogen and oxygen atoms in total. The van der Waals surface area contributed by atoms with Crippen molar-refractivity contribution in [3.63, 3.8) is 0 Å². The molecule has 2 amide bonds. The molecule has 0 aliphatic heterocycles. The van der Waals surface area contributed by atoms with Crippen LogP contribution < -0.4 is 14.4 Å². The first-order valence-electron chi connectivity index (χ1n) is 13.5. The minimum atomic E-state index is -4.53. The Kier molecular flexibility index (Phi) is 10.8. The second kappa shape index (κ2) is 14.1. The van der Waals surface area contributed by atoms with E-state index in [1.807, 2.05) is 0 Å². The van der Waals surface area contributed by atoms with Crippen molar-refractivity contribution in [2.75, 3.05) is 18.0 Å². The topological polar surface area (TPSA) is 139 Å². The van der Waals surface area contributed by atoms with Gasteiger partial charge in [-0.05, 0) is 75.2 Å². The van der Waals surface area contributed by atoms with E-state index < -0.39 is 50.9 Å². The Balaban J connectivity index is 2.12. The average molecular weight is 615 g/mol. The quantitative estimate of drug-likeness (QED) is 0.220. The summed E-state index contributed by atoms with van der Waals surface area (Å²) in [5.41, 5.74) is 0.497. The van der Waals surface area contributed by atoms with Crippen molar-refractivity contribution in [3.05, 3.63) is 93.8 Å². The van der Waals surface area contributed by atoms with Gasteiger partial charge >= 0.3 is 0 Å². The van der Waals surface area contributed by atoms with Gasteiger partial charge in [-0.3, -0.25) is 24.0 Å². The summed E-state index contributed by atoms with van der Waals surface area (Å²) in [6, 6.07) is 13.6. The molecule has 1 atom stereocenters. The third-order valence-electron chi connectivity index (χ3n) is 6.69. The number of halogens is 1. The maximum atomic E-state index is 14.1. The van der Waals surface area contributed by atoms with Crippen molar-refractivity contribution in [1.82, 2.24) is 10.2 Å². The molecule has 13 heteroatoms. The van der Waals surface area contributed by atoms with Crippen LogP contribution in [0.5, 0.6) is 5.75 Å². The van der Waals surface area contributed by atoms with Crippen molar-refractivity contribution in [2.24, 2.45) is 0 Å². The van der Waals surface area contributed by atoms with E-state index in [0.29, 0.717) is 11.3 Å². The molecule has 0 spiro atoms. The highest BCUT2D eigenvalue weighted by molar-refractivity contribution is 7.92. The van der Waals surface area contributed by atoms with Gasteiger partial charge in [0.15, 0.2) is 0 Å². The highest BCUT2D eigenvalue weighted by Crippen LogP contribution is 2.29. The van der Waals surface area contributed by atoms with Gasteiger partial charge in [-0.15, -0.1) is 0 Å². The van der Waals surface area contributed by atoms with Gasteiger partial charge in [0.25, 0.3) is 15.7 Å². The van der Waals surface area contributed by atoms with Gasteiger partial charge in [0.05, 0.1) is 22.6 Å². The fraction of sp³-hybridized carbons (Fsp3) is 0.333. The first kappa shape index (κ1) is 33.0. The van der Waals surface area contributed by atoms with Gasteiger partial charge in [-0.2, -0.15) is 0 Å². The van der Waals surface area contributed by atoms with Crippen LogP contribution >= 0.6 is 0 Å². The number of ether oxygens (including phenoxy) is 1. The number of nitro benzene ring substituents is 1. The zero-order valence-electron chi connectivity index (χ0n) is 24.6. The number of methoxy groups -OCH3 is 1. The van der Waals surface area contributed by atoms with Crippen LogP contribution in [0.3, 0.4) is 0 Å². The lowest BCUT2D eigenvalue weighted by atomic mass is 10.1. The Labute approximate surface area is 250 Å². The van der Waals surface area contributed by atoms with E-state index in [1.54, 1.807) is 20.8 Å². The smallest absolute Gasteiger partial charge is 0.273 e. The van der Waals surface area contributed by atoms with Crippen LogP contribution in [-0.4, -0.2) is 55.8 Å². The summed E-state index contributed by atoms with van der Waals surface area (Å²) >= 11 is 0. The molecule has 3 rings (SSSR count). The lowest BCUT2D eigenvalue weighted by Gasteiger charge is -2.33. The molecule has 1 unspecified atom stereocenters. The number of sulfonamides is 1. The number of rotatable bonds is 13. The van der Waals surface area contributed by atoms with Gasteiger partial charge in [0.2, 0.25) is 11.8 Å². The third-order valence-corrected chi connectivity index (χ3v) is 8.46. The van der Waals surface area contributed by atoms with Crippen LogP contribution in [0.4, 0.5) is 15.8 Å². The minimum absolute atomic E-state index is 0.0961. The zero-order valence-corrected chi connectivity index (χ0v) is 25.4. The van der Waals surface area contributed by atoms with Gasteiger partial charge in [-0.1, -0.05) is 25.1 Å². The van der Waals surface area contributed by atoms with Crippen molar-refractivity contribution in [1.29, 1.82) is 0 Å². The SMILES string of the molecule is CCC(C(=O)NC(C)C)N(Cc1ccc(F)cc1)C(=O)CN(c1ccc(OC)cc1)S(=O)(=O)c1ccc(C)c([N+](=O)[O-])c1. The highest BCUT2D eigenvalue weighted by atomic mass is 32.2. The summed E-state index contributed by atoms with van der Waals surface area (Å²) in [7, 11) is -3.09. The van der Waals surface area contributed by atoms with Gasteiger partial charge in [0, 0.05) is 24.2 Å². The number of benzene rings is 3. The third kappa shape index (κ3) is 8.07. The number of carbonyl (C=O) groups excluding carboxylic acids is 2. The number of amides is 2. The van der Waals surface area contributed by atoms with E-state index in [9.17, 15) is 32.5 Å². The molecule has 0 saturated carbocycles. The van der Waals surface area contributed by atoms with E-state index in [0.717, 1.165) is 10.4 Å². The first-order chi connectivity index (χ1) is 20.3. The molecule has 0 heterocycles. The molecule has 0 aliphatic rings. The Morgan fingerprint density at radius 2 is 1.67 bits per heavy atom. The Morgan fingerprint density at radius 3 is 2.21 bits per heavy atom. The fourth-order valence-electron chi connectivity index (χ4n) is 4.44. The van der Waals surface area contributed by atoms with Crippen LogP contribution in [0.1, 0.15) is 38.3 Å². The molecule has 3 aromatic carbocycles. The molecule has 0 aliphatic carbocycles. The van der Waals surface area contributed by atoms with E-state index in [-0.39, 0.29) is 35.2 Å². The molecule has 0 radical (unpaired) electrons. The van der Waals surface area contributed by atoms with E-state index in [1.165, 1.54) is 79.6 Å². The van der Waals surface area contributed by atoms with Crippen LogP contribution in [-0.2, 0) is 26.2 Å². The molecule has 230 valence electrons. The minimum Gasteiger partial charge on any atom is -0.497 e. The zero-order chi connectivity index (χ0) is 31.9. The lowest BCUT2D eigenvalue weighted by Crippen LogP contribution is -2.53. The van der Waals surface area contributed by atoms with Gasteiger partial charge in [-0.25, -0.2) is 12.8 Å². The van der Waals surface area contributed by atoms with Crippen molar-refractivity contribution in [3.8, 4) is 5.75 Å². The highest BCUT2D eigenvalue weighted by Gasteiger charge is 2.34. The number of aryl methyl sites for hydroxylation is 1. The number of hydrogen-bond donors (Lipinski definition) is 1. The van der Waals surface area contributed by atoms with Crippen LogP contribution in [0, 0.1) is 22.9 Å². The predicted octanol–water partition coefficient (Wildman–Crippen LogP) is 4.58. The molecule has 0 fully saturated rings. The standard InChI is InChI=1S/C30H35FN4O7S/c1-6-27(30(37)32-20(2)3)33(18-22-8-10-23(31)11-9-22)29(36)19-34(24-12-14-25(42-5)15-13-24)43(40,41)26-16-7-21(4)28(17-26)35(38)39/h7-17,20,27H,6,18-19H2,1-5H3,(H,32,37). The first-order valence-corrected chi connectivity index (χ1v) is 15.0. The number of nitrogens with zero attached hydrogens (tertiary/aromatic N) is 3. The second-order valence-electron chi connectivity index (χ2n) is 10.2. The average Bonchev–Trinajstić information content (AvgIpc) is 2.96. The number of hydrogen-bond acceptors (Lipinski definition) is 7. The molecule has 0 aromatic heterocycles. The number of carbonyl (C=O) groups is 2.